The summed E-state index contributed by atoms with van der Waals surface area (Å²) in [6.45, 7) is 0.868. The normalized spacial score (nSPS) is 29.9. The standard InChI is InChI=1S/C11H19NO2/c12-11(6-2-7-11)10(13)5-4-9-3-1-8-14-9/h9H,1-8,12H2. The second-order valence-corrected chi connectivity index (χ2v) is 4.61. The Morgan fingerprint density at radius 3 is 2.71 bits per heavy atom. The summed E-state index contributed by atoms with van der Waals surface area (Å²) in [5, 5.41) is 0. The van der Waals surface area contributed by atoms with Crippen molar-refractivity contribution in [2.75, 3.05) is 6.61 Å². The second-order valence-electron chi connectivity index (χ2n) is 4.61. The van der Waals surface area contributed by atoms with Gasteiger partial charge in [-0.2, -0.15) is 0 Å². The fourth-order valence-corrected chi connectivity index (χ4v) is 2.25. The maximum absolute atomic E-state index is 11.7. The number of ketones is 1. The molecule has 0 radical (unpaired) electrons. The molecule has 1 saturated carbocycles. The maximum Gasteiger partial charge on any atom is 0.152 e. The fourth-order valence-electron chi connectivity index (χ4n) is 2.25. The van der Waals surface area contributed by atoms with Gasteiger partial charge in [0.15, 0.2) is 5.78 Å². The van der Waals surface area contributed by atoms with Gasteiger partial charge in [0.1, 0.15) is 0 Å². The lowest BCUT2D eigenvalue weighted by Crippen LogP contribution is -2.53. The van der Waals surface area contributed by atoms with Crippen LogP contribution in [0.3, 0.4) is 0 Å². The predicted molar refractivity (Wildman–Crippen MR) is 54.0 cm³/mol. The zero-order valence-electron chi connectivity index (χ0n) is 8.63. The van der Waals surface area contributed by atoms with Crippen LogP contribution in [0.1, 0.15) is 44.9 Å². The summed E-state index contributed by atoms with van der Waals surface area (Å²) in [5.74, 6) is 0.249. The largest absolute Gasteiger partial charge is 0.378 e. The first-order valence-corrected chi connectivity index (χ1v) is 5.64. The zero-order chi connectivity index (χ0) is 10.0. The smallest absolute Gasteiger partial charge is 0.152 e. The van der Waals surface area contributed by atoms with E-state index < -0.39 is 5.54 Å². The number of hydrogen-bond acceptors (Lipinski definition) is 3. The number of Topliss-reactive ketones (excluding diaryl/α,β-unsaturated/α-hetero) is 1. The molecule has 0 aromatic carbocycles. The third kappa shape index (κ3) is 1.98. The number of carbonyl (C=O) groups is 1. The van der Waals surface area contributed by atoms with Crippen molar-refractivity contribution in [1.29, 1.82) is 0 Å². The van der Waals surface area contributed by atoms with Crippen molar-refractivity contribution in [2.45, 2.75) is 56.6 Å². The molecule has 1 unspecified atom stereocenters. The Kier molecular flexibility index (Phi) is 2.88. The number of hydrogen-bond donors (Lipinski definition) is 1. The van der Waals surface area contributed by atoms with Gasteiger partial charge in [-0.05, 0) is 38.5 Å². The maximum atomic E-state index is 11.7. The molecule has 1 saturated heterocycles. The highest BCUT2D eigenvalue weighted by Gasteiger charge is 2.39. The van der Waals surface area contributed by atoms with Crippen molar-refractivity contribution in [3.05, 3.63) is 0 Å². The van der Waals surface area contributed by atoms with Gasteiger partial charge >= 0.3 is 0 Å². The van der Waals surface area contributed by atoms with Crippen LogP contribution in [0.25, 0.3) is 0 Å². The molecular weight excluding hydrogens is 178 g/mol. The van der Waals surface area contributed by atoms with Crippen LogP contribution < -0.4 is 5.73 Å². The SMILES string of the molecule is NC1(C(=O)CCC2CCCO2)CCC1. The molecule has 1 heterocycles. The Labute approximate surface area is 85.0 Å². The Morgan fingerprint density at radius 1 is 1.43 bits per heavy atom. The van der Waals surface area contributed by atoms with Crippen LogP contribution in [0.4, 0.5) is 0 Å². The molecule has 3 heteroatoms. The lowest BCUT2D eigenvalue weighted by atomic mass is 9.73. The van der Waals surface area contributed by atoms with Gasteiger partial charge in [0.2, 0.25) is 0 Å². The summed E-state index contributed by atoms with van der Waals surface area (Å²) in [6, 6.07) is 0. The minimum atomic E-state index is -0.460. The van der Waals surface area contributed by atoms with E-state index in [2.05, 4.69) is 0 Å². The van der Waals surface area contributed by atoms with Crippen molar-refractivity contribution in [2.24, 2.45) is 5.73 Å². The average molecular weight is 197 g/mol. The van der Waals surface area contributed by atoms with Crippen LogP contribution in [0.5, 0.6) is 0 Å². The molecule has 0 aromatic heterocycles. The summed E-state index contributed by atoms with van der Waals surface area (Å²) in [6.07, 6.45) is 6.95. The zero-order valence-corrected chi connectivity index (χ0v) is 8.63. The van der Waals surface area contributed by atoms with Gasteiger partial charge in [-0.1, -0.05) is 0 Å². The third-order valence-electron chi connectivity index (χ3n) is 3.52. The number of carbonyl (C=O) groups excluding carboxylic acids is 1. The predicted octanol–water partition coefficient (Wildman–Crippen LogP) is 1.40. The van der Waals surface area contributed by atoms with E-state index in [4.69, 9.17) is 10.5 Å². The molecule has 0 spiro atoms. The molecule has 1 aliphatic heterocycles. The molecule has 14 heavy (non-hydrogen) atoms. The molecule has 0 aromatic rings. The van der Waals surface area contributed by atoms with Gasteiger partial charge in [0, 0.05) is 13.0 Å². The van der Waals surface area contributed by atoms with Crippen LogP contribution in [-0.4, -0.2) is 24.0 Å². The van der Waals surface area contributed by atoms with Crippen molar-refractivity contribution in [1.82, 2.24) is 0 Å². The van der Waals surface area contributed by atoms with E-state index >= 15 is 0 Å². The Bertz CT molecular complexity index is 217. The summed E-state index contributed by atoms with van der Waals surface area (Å²) < 4.78 is 5.47. The first-order valence-electron chi connectivity index (χ1n) is 5.64. The number of rotatable bonds is 4. The number of nitrogens with two attached hydrogens (primary N) is 1. The van der Waals surface area contributed by atoms with Crippen molar-refractivity contribution in [3.63, 3.8) is 0 Å². The Balaban J connectivity index is 1.71. The van der Waals surface area contributed by atoms with E-state index in [1.165, 1.54) is 0 Å². The molecule has 80 valence electrons. The van der Waals surface area contributed by atoms with Gasteiger partial charge in [0.05, 0.1) is 11.6 Å². The van der Waals surface area contributed by atoms with Crippen LogP contribution in [0.15, 0.2) is 0 Å². The van der Waals surface area contributed by atoms with Crippen LogP contribution in [0, 0.1) is 0 Å². The molecule has 2 N–H and O–H groups in total. The van der Waals surface area contributed by atoms with Crippen molar-refractivity contribution in [3.8, 4) is 0 Å². The van der Waals surface area contributed by atoms with Gasteiger partial charge in [0.25, 0.3) is 0 Å². The minimum Gasteiger partial charge on any atom is -0.378 e. The van der Waals surface area contributed by atoms with E-state index in [0.29, 0.717) is 12.5 Å². The summed E-state index contributed by atoms with van der Waals surface area (Å²) in [4.78, 5) is 11.7. The van der Waals surface area contributed by atoms with Crippen molar-refractivity contribution >= 4 is 5.78 Å². The topological polar surface area (TPSA) is 52.3 Å². The van der Waals surface area contributed by atoms with Gasteiger partial charge in [-0.3, -0.25) is 4.79 Å². The summed E-state index contributed by atoms with van der Waals surface area (Å²) in [5.41, 5.74) is 5.48. The molecular formula is C11H19NO2. The third-order valence-corrected chi connectivity index (χ3v) is 3.52. The average Bonchev–Trinajstić information content (AvgIpc) is 2.62. The lowest BCUT2D eigenvalue weighted by molar-refractivity contribution is -0.127. The number of ether oxygens (including phenoxy) is 1. The molecule has 2 rings (SSSR count). The first-order chi connectivity index (χ1) is 6.71. The van der Waals surface area contributed by atoms with E-state index in [9.17, 15) is 4.79 Å². The summed E-state index contributed by atoms with van der Waals surface area (Å²) >= 11 is 0. The van der Waals surface area contributed by atoms with Gasteiger partial charge in [-0.15, -0.1) is 0 Å². The molecule has 0 bridgehead atoms. The van der Waals surface area contributed by atoms with E-state index in [-0.39, 0.29) is 5.78 Å². The van der Waals surface area contributed by atoms with Crippen molar-refractivity contribution < 1.29 is 9.53 Å². The molecule has 2 aliphatic rings. The minimum absolute atomic E-state index is 0.249. The van der Waals surface area contributed by atoms with Crippen LogP contribution in [0.2, 0.25) is 0 Å². The second kappa shape index (κ2) is 3.99. The highest BCUT2D eigenvalue weighted by atomic mass is 16.5. The molecule has 1 aliphatic carbocycles. The highest BCUT2D eigenvalue weighted by molar-refractivity contribution is 5.89. The highest BCUT2D eigenvalue weighted by Crippen LogP contribution is 2.31. The fraction of sp³-hybridized carbons (Fsp3) is 0.909. The first kappa shape index (κ1) is 10.1. The monoisotopic (exact) mass is 197 g/mol. The van der Waals surface area contributed by atoms with Gasteiger partial charge < -0.3 is 10.5 Å². The molecule has 2 fully saturated rings. The van der Waals surface area contributed by atoms with E-state index in [0.717, 1.165) is 45.1 Å². The van der Waals surface area contributed by atoms with E-state index in [1.54, 1.807) is 0 Å². The summed E-state index contributed by atoms with van der Waals surface area (Å²) in [7, 11) is 0. The van der Waals surface area contributed by atoms with Crippen LogP contribution in [-0.2, 0) is 9.53 Å². The lowest BCUT2D eigenvalue weighted by Gasteiger charge is -2.36. The molecule has 1 atom stereocenters. The Morgan fingerprint density at radius 2 is 2.21 bits per heavy atom. The van der Waals surface area contributed by atoms with E-state index in [1.807, 2.05) is 0 Å². The van der Waals surface area contributed by atoms with Gasteiger partial charge in [-0.25, -0.2) is 0 Å². The Hall–Kier alpha value is -0.410. The quantitative estimate of drug-likeness (QED) is 0.741. The molecule has 3 nitrogen and oxygen atoms in total. The van der Waals surface area contributed by atoms with Crippen LogP contribution >= 0.6 is 0 Å². The molecule has 0 amide bonds.